The summed E-state index contributed by atoms with van der Waals surface area (Å²) in [5, 5.41) is 2.45. The van der Waals surface area contributed by atoms with E-state index in [1.165, 1.54) is 37.1 Å². The standard InChI is InChI=1S/C22H16F2N4O4/c1-27-21(30)16-9-12(20(29)26-13-3-8-17(23)18(24)10-13)11-25-19(16)28(22(27)31)14-4-6-15(32-2)7-5-14/h3-11H,1-2H3,(H,26,29). The number of methoxy groups -OCH3 is 1. The van der Waals surface area contributed by atoms with Crippen LogP contribution in [0.25, 0.3) is 16.7 Å². The molecule has 0 spiro atoms. The minimum atomic E-state index is -1.11. The smallest absolute Gasteiger partial charge is 0.337 e. The number of anilines is 1. The molecular formula is C22H16F2N4O4. The fourth-order valence-corrected chi connectivity index (χ4v) is 3.17. The third-order valence-electron chi connectivity index (χ3n) is 4.86. The van der Waals surface area contributed by atoms with E-state index in [1.54, 1.807) is 24.3 Å². The molecule has 4 rings (SSSR count). The third-order valence-corrected chi connectivity index (χ3v) is 4.86. The van der Waals surface area contributed by atoms with Crippen LogP contribution in [0, 0.1) is 11.6 Å². The summed E-state index contributed by atoms with van der Waals surface area (Å²) in [5.74, 6) is -2.26. The Labute approximate surface area is 179 Å². The summed E-state index contributed by atoms with van der Waals surface area (Å²) < 4.78 is 33.8. The van der Waals surface area contributed by atoms with Crippen molar-refractivity contribution < 1.29 is 18.3 Å². The number of halogens is 2. The molecule has 2 heterocycles. The van der Waals surface area contributed by atoms with E-state index in [4.69, 9.17) is 4.74 Å². The number of fused-ring (bicyclic) bond motifs is 1. The van der Waals surface area contributed by atoms with Crippen molar-refractivity contribution in [2.24, 2.45) is 7.05 Å². The highest BCUT2D eigenvalue weighted by Crippen LogP contribution is 2.18. The SMILES string of the molecule is COc1ccc(-n2c(=O)n(C)c(=O)c3cc(C(=O)Nc4ccc(F)c(F)c4)cnc32)cc1. The van der Waals surface area contributed by atoms with Crippen LogP contribution in [0.1, 0.15) is 10.4 Å². The first-order valence-electron chi connectivity index (χ1n) is 9.33. The van der Waals surface area contributed by atoms with Crippen molar-refractivity contribution in [3.63, 3.8) is 0 Å². The van der Waals surface area contributed by atoms with Crippen molar-refractivity contribution in [2.45, 2.75) is 0 Å². The van der Waals surface area contributed by atoms with Crippen molar-refractivity contribution in [2.75, 3.05) is 12.4 Å². The number of hydrogen-bond acceptors (Lipinski definition) is 5. The molecule has 0 aliphatic rings. The predicted octanol–water partition coefficient (Wildman–Crippen LogP) is 2.62. The fourth-order valence-electron chi connectivity index (χ4n) is 3.17. The zero-order valence-corrected chi connectivity index (χ0v) is 16.9. The van der Waals surface area contributed by atoms with E-state index >= 15 is 0 Å². The number of pyridine rings is 1. The molecule has 10 heteroatoms. The molecule has 0 aliphatic heterocycles. The molecule has 8 nitrogen and oxygen atoms in total. The van der Waals surface area contributed by atoms with Gasteiger partial charge in [0.05, 0.1) is 23.7 Å². The molecule has 0 radical (unpaired) electrons. The largest absolute Gasteiger partial charge is 0.497 e. The predicted molar refractivity (Wildman–Crippen MR) is 113 cm³/mol. The topological polar surface area (TPSA) is 95.2 Å². The van der Waals surface area contributed by atoms with E-state index in [9.17, 15) is 23.2 Å². The lowest BCUT2D eigenvalue weighted by Crippen LogP contribution is -2.38. The highest BCUT2D eigenvalue weighted by Gasteiger charge is 2.17. The number of rotatable bonds is 4. The van der Waals surface area contributed by atoms with Gasteiger partial charge in [0.15, 0.2) is 17.3 Å². The first kappa shape index (κ1) is 20.9. The number of amides is 1. The Balaban J connectivity index is 1.81. The Kier molecular flexibility index (Phi) is 5.27. The number of nitrogens with zero attached hydrogens (tertiary/aromatic N) is 3. The van der Waals surface area contributed by atoms with Gasteiger partial charge in [-0.1, -0.05) is 0 Å². The molecule has 0 unspecified atom stereocenters. The number of ether oxygens (including phenoxy) is 1. The zero-order chi connectivity index (χ0) is 23.0. The van der Waals surface area contributed by atoms with Gasteiger partial charge in [0.25, 0.3) is 11.5 Å². The van der Waals surface area contributed by atoms with Crippen molar-refractivity contribution in [1.29, 1.82) is 0 Å². The van der Waals surface area contributed by atoms with Crippen LogP contribution in [0.5, 0.6) is 5.75 Å². The lowest BCUT2D eigenvalue weighted by atomic mass is 10.2. The molecule has 0 saturated heterocycles. The maximum atomic E-state index is 13.4. The molecule has 0 saturated carbocycles. The minimum Gasteiger partial charge on any atom is -0.497 e. The van der Waals surface area contributed by atoms with Crippen LogP contribution in [0.15, 0.2) is 64.3 Å². The van der Waals surface area contributed by atoms with Crippen molar-refractivity contribution in [1.82, 2.24) is 14.1 Å². The average Bonchev–Trinajstić information content (AvgIpc) is 2.80. The Bertz CT molecular complexity index is 1480. The molecule has 2 aromatic carbocycles. The second-order valence-corrected chi connectivity index (χ2v) is 6.86. The van der Waals surface area contributed by atoms with E-state index in [1.807, 2.05) is 0 Å². The van der Waals surface area contributed by atoms with Crippen LogP contribution < -0.4 is 21.3 Å². The molecule has 0 atom stereocenters. The second kappa shape index (κ2) is 8.06. The normalized spacial score (nSPS) is 10.9. The Morgan fingerprint density at radius 2 is 1.75 bits per heavy atom. The van der Waals surface area contributed by atoms with Gasteiger partial charge >= 0.3 is 5.69 Å². The van der Waals surface area contributed by atoms with Crippen molar-refractivity contribution in [3.8, 4) is 11.4 Å². The Morgan fingerprint density at radius 3 is 2.41 bits per heavy atom. The summed E-state index contributed by atoms with van der Waals surface area (Å²) in [5.41, 5.74) is -0.705. The molecular weight excluding hydrogens is 422 g/mol. The van der Waals surface area contributed by atoms with Crippen LogP contribution in [-0.4, -0.2) is 27.1 Å². The number of hydrogen-bond donors (Lipinski definition) is 1. The molecule has 0 aliphatic carbocycles. The van der Waals surface area contributed by atoms with Gasteiger partial charge in [-0.25, -0.2) is 23.1 Å². The van der Waals surface area contributed by atoms with Crippen molar-refractivity contribution >= 4 is 22.6 Å². The van der Waals surface area contributed by atoms with E-state index in [0.29, 0.717) is 11.4 Å². The highest BCUT2D eigenvalue weighted by molar-refractivity contribution is 6.05. The lowest BCUT2D eigenvalue weighted by molar-refractivity contribution is 0.102. The van der Waals surface area contributed by atoms with E-state index < -0.39 is 28.8 Å². The number of carbonyl (C=O) groups is 1. The third kappa shape index (κ3) is 3.62. The van der Waals surface area contributed by atoms with Crippen LogP contribution in [0.3, 0.4) is 0 Å². The quantitative estimate of drug-likeness (QED) is 0.529. The molecule has 32 heavy (non-hydrogen) atoms. The molecule has 4 aromatic rings. The van der Waals surface area contributed by atoms with Gasteiger partial charge < -0.3 is 10.1 Å². The van der Waals surface area contributed by atoms with Gasteiger partial charge in [0.1, 0.15) is 5.75 Å². The van der Waals surface area contributed by atoms with E-state index in [0.717, 1.165) is 16.7 Å². The summed E-state index contributed by atoms with van der Waals surface area (Å²) in [7, 11) is 2.83. The number of carbonyl (C=O) groups excluding carboxylic acids is 1. The zero-order valence-electron chi connectivity index (χ0n) is 16.9. The molecule has 2 aromatic heterocycles. The summed E-state index contributed by atoms with van der Waals surface area (Å²) in [6.07, 6.45) is 1.19. The van der Waals surface area contributed by atoms with Crippen molar-refractivity contribution in [3.05, 3.63) is 92.8 Å². The number of benzene rings is 2. The van der Waals surface area contributed by atoms with Gasteiger partial charge in [-0.3, -0.25) is 14.2 Å². The molecule has 1 N–H and O–H groups in total. The first-order chi connectivity index (χ1) is 15.3. The fraction of sp³-hybridized carbons (Fsp3) is 0.0909. The summed E-state index contributed by atoms with van der Waals surface area (Å²) >= 11 is 0. The summed E-state index contributed by atoms with van der Waals surface area (Å²) in [4.78, 5) is 42.3. The maximum absolute atomic E-state index is 13.4. The number of nitrogens with one attached hydrogen (secondary N) is 1. The second-order valence-electron chi connectivity index (χ2n) is 6.86. The van der Waals surface area contributed by atoms with Gasteiger partial charge in [-0.15, -0.1) is 0 Å². The summed E-state index contributed by atoms with van der Waals surface area (Å²) in [6.45, 7) is 0. The van der Waals surface area contributed by atoms with Crippen LogP contribution in [-0.2, 0) is 7.05 Å². The van der Waals surface area contributed by atoms with Crippen LogP contribution in [0.2, 0.25) is 0 Å². The monoisotopic (exact) mass is 438 g/mol. The Morgan fingerprint density at radius 1 is 1.03 bits per heavy atom. The average molecular weight is 438 g/mol. The Hall–Kier alpha value is -4.34. The highest BCUT2D eigenvalue weighted by atomic mass is 19.2. The van der Waals surface area contributed by atoms with Gasteiger partial charge in [-0.05, 0) is 42.5 Å². The van der Waals surface area contributed by atoms with E-state index in [-0.39, 0.29) is 22.3 Å². The lowest BCUT2D eigenvalue weighted by Gasteiger charge is -2.13. The van der Waals surface area contributed by atoms with E-state index in [2.05, 4.69) is 10.3 Å². The molecule has 162 valence electrons. The van der Waals surface area contributed by atoms with Crippen LogP contribution >= 0.6 is 0 Å². The molecule has 1 amide bonds. The van der Waals surface area contributed by atoms with Gasteiger partial charge in [-0.2, -0.15) is 0 Å². The maximum Gasteiger partial charge on any atom is 0.337 e. The minimum absolute atomic E-state index is 0.000682. The number of aromatic nitrogens is 3. The summed E-state index contributed by atoms with van der Waals surface area (Å²) in [6, 6.07) is 10.8. The first-order valence-corrected chi connectivity index (χ1v) is 9.33. The van der Waals surface area contributed by atoms with Gasteiger partial charge in [0, 0.05) is 25.0 Å². The molecule has 0 bridgehead atoms. The van der Waals surface area contributed by atoms with Crippen LogP contribution in [0.4, 0.5) is 14.5 Å². The molecule has 0 fully saturated rings. The van der Waals surface area contributed by atoms with Gasteiger partial charge in [0.2, 0.25) is 0 Å².